The number of aromatic nitrogens is 3. The molecule has 0 aromatic carbocycles. The van der Waals surface area contributed by atoms with E-state index < -0.39 is 0 Å². The molecule has 2 rings (SSSR count). The molecule has 1 aromatic rings. The first-order valence-corrected chi connectivity index (χ1v) is 7.18. The molecular formula is C13H22ClN3. The highest BCUT2D eigenvalue weighted by Gasteiger charge is 2.21. The second-order valence-electron chi connectivity index (χ2n) is 5.35. The molecule has 0 saturated heterocycles. The van der Waals surface area contributed by atoms with Crippen LogP contribution in [0.25, 0.3) is 0 Å². The molecule has 0 spiro atoms. The van der Waals surface area contributed by atoms with E-state index in [1.165, 1.54) is 44.9 Å². The highest BCUT2D eigenvalue weighted by atomic mass is 35.5. The monoisotopic (exact) mass is 255 g/mol. The summed E-state index contributed by atoms with van der Waals surface area (Å²) in [4.78, 5) is 0. The van der Waals surface area contributed by atoms with E-state index in [4.69, 9.17) is 11.6 Å². The first-order chi connectivity index (χ1) is 8.20. The first kappa shape index (κ1) is 12.9. The van der Waals surface area contributed by atoms with Crippen LogP contribution in [0.3, 0.4) is 0 Å². The third kappa shape index (κ3) is 3.01. The van der Waals surface area contributed by atoms with Gasteiger partial charge in [-0.05, 0) is 24.4 Å². The summed E-state index contributed by atoms with van der Waals surface area (Å²) in [5.41, 5.74) is 0. The molecule has 1 fully saturated rings. The standard InChI is InChI=1S/C13H22ClN3/c1-10(2)12-15-16-13(14)17(12)11-8-6-4-3-5-7-9-11/h10-11H,3-9H2,1-2H3. The molecular weight excluding hydrogens is 234 g/mol. The van der Waals surface area contributed by atoms with Gasteiger partial charge in [-0.2, -0.15) is 0 Å². The summed E-state index contributed by atoms with van der Waals surface area (Å²) in [6.45, 7) is 4.31. The van der Waals surface area contributed by atoms with Crippen molar-refractivity contribution >= 4 is 11.6 Å². The third-order valence-corrected chi connectivity index (χ3v) is 3.89. The Kier molecular flexibility index (Phi) is 4.43. The summed E-state index contributed by atoms with van der Waals surface area (Å²) in [6, 6.07) is 0.509. The Bertz CT molecular complexity index is 352. The van der Waals surface area contributed by atoms with Crippen LogP contribution >= 0.6 is 11.6 Å². The van der Waals surface area contributed by atoms with E-state index in [1.54, 1.807) is 0 Å². The Hall–Kier alpha value is -0.570. The van der Waals surface area contributed by atoms with Gasteiger partial charge in [-0.15, -0.1) is 10.2 Å². The van der Waals surface area contributed by atoms with Crippen LogP contribution in [0.1, 0.15) is 76.6 Å². The van der Waals surface area contributed by atoms with Gasteiger partial charge in [-0.1, -0.05) is 46.0 Å². The van der Waals surface area contributed by atoms with Crippen LogP contribution in [0.4, 0.5) is 0 Å². The molecule has 3 nitrogen and oxygen atoms in total. The fourth-order valence-corrected chi connectivity index (χ4v) is 2.97. The summed E-state index contributed by atoms with van der Waals surface area (Å²) < 4.78 is 2.18. The third-order valence-electron chi connectivity index (χ3n) is 3.64. The SMILES string of the molecule is CC(C)c1nnc(Cl)n1C1CCCCCCC1. The largest absolute Gasteiger partial charge is 0.298 e. The van der Waals surface area contributed by atoms with E-state index in [2.05, 4.69) is 28.6 Å². The van der Waals surface area contributed by atoms with Gasteiger partial charge < -0.3 is 0 Å². The summed E-state index contributed by atoms with van der Waals surface area (Å²) in [6.07, 6.45) is 9.14. The number of halogens is 1. The predicted molar refractivity (Wildman–Crippen MR) is 70.5 cm³/mol. The van der Waals surface area contributed by atoms with E-state index in [0.29, 0.717) is 17.2 Å². The molecule has 0 atom stereocenters. The quantitative estimate of drug-likeness (QED) is 0.787. The topological polar surface area (TPSA) is 30.7 Å². The van der Waals surface area contributed by atoms with Crippen molar-refractivity contribution in [2.45, 2.75) is 70.8 Å². The Morgan fingerprint density at radius 3 is 2.24 bits per heavy atom. The van der Waals surface area contributed by atoms with Crippen LogP contribution in [0.2, 0.25) is 5.28 Å². The van der Waals surface area contributed by atoms with Crippen LogP contribution in [-0.4, -0.2) is 14.8 Å². The number of hydrogen-bond acceptors (Lipinski definition) is 2. The lowest BCUT2D eigenvalue weighted by Crippen LogP contribution is -2.15. The molecule has 17 heavy (non-hydrogen) atoms. The Labute approximate surface area is 109 Å². The van der Waals surface area contributed by atoms with Crippen LogP contribution in [-0.2, 0) is 0 Å². The molecule has 1 saturated carbocycles. The van der Waals surface area contributed by atoms with E-state index in [-0.39, 0.29) is 0 Å². The van der Waals surface area contributed by atoms with Crippen molar-refractivity contribution in [3.63, 3.8) is 0 Å². The zero-order valence-electron chi connectivity index (χ0n) is 10.8. The van der Waals surface area contributed by atoms with Crippen LogP contribution in [0.15, 0.2) is 0 Å². The van der Waals surface area contributed by atoms with Gasteiger partial charge in [-0.25, -0.2) is 0 Å². The van der Waals surface area contributed by atoms with Gasteiger partial charge in [0.1, 0.15) is 5.82 Å². The molecule has 1 aromatic heterocycles. The van der Waals surface area contributed by atoms with Crippen molar-refractivity contribution in [2.75, 3.05) is 0 Å². The van der Waals surface area contributed by atoms with Gasteiger partial charge in [0.15, 0.2) is 0 Å². The maximum atomic E-state index is 6.21. The van der Waals surface area contributed by atoms with E-state index in [0.717, 1.165) is 5.82 Å². The molecule has 0 bridgehead atoms. The smallest absolute Gasteiger partial charge is 0.225 e. The summed E-state index contributed by atoms with van der Waals surface area (Å²) in [5, 5.41) is 8.84. The lowest BCUT2D eigenvalue weighted by atomic mass is 9.96. The van der Waals surface area contributed by atoms with Crippen LogP contribution in [0, 0.1) is 0 Å². The van der Waals surface area contributed by atoms with Crippen molar-refractivity contribution in [2.24, 2.45) is 0 Å². The first-order valence-electron chi connectivity index (χ1n) is 6.80. The number of nitrogens with zero attached hydrogens (tertiary/aromatic N) is 3. The fourth-order valence-electron chi connectivity index (χ4n) is 2.71. The Morgan fingerprint density at radius 1 is 1.06 bits per heavy atom. The number of hydrogen-bond donors (Lipinski definition) is 0. The fraction of sp³-hybridized carbons (Fsp3) is 0.846. The van der Waals surface area contributed by atoms with E-state index >= 15 is 0 Å². The second-order valence-corrected chi connectivity index (χ2v) is 5.69. The Morgan fingerprint density at radius 2 is 1.65 bits per heavy atom. The van der Waals surface area contributed by atoms with Crippen molar-refractivity contribution in [3.05, 3.63) is 11.1 Å². The van der Waals surface area contributed by atoms with Crippen molar-refractivity contribution in [3.8, 4) is 0 Å². The van der Waals surface area contributed by atoms with E-state index in [9.17, 15) is 0 Å². The minimum atomic E-state index is 0.389. The Balaban J connectivity index is 2.21. The molecule has 0 amide bonds. The maximum Gasteiger partial charge on any atom is 0.225 e. The summed E-state index contributed by atoms with van der Waals surface area (Å²) >= 11 is 6.21. The molecule has 1 heterocycles. The number of rotatable bonds is 2. The van der Waals surface area contributed by atoms with Crippen molar-refractivity contribution < 1.29 is 0 Å². The zero-order valence-corrected chi connectivity index (χ0v) is 11.6. The zero-order chi connectivity index (χ0) is 12.3. The maximum absolute atomic E-state index is 6.21. The highest BCUT2D eigenvalue weighted by Crippen LogP contribution is 2.31. The van der Waals surface area contributed by atoms with Crippen LogP contribution in [0.5, 0.6) is 0 Å². The molecule has 96 valence electrons. The van der Waals surface area contributed by atoms with Crippen LogP contribution < -0.4 is 0 Å². The van der Waals surface area contributed by atoms with Gasteiger partial charge >= 0.3 is 0 Å². The predicted octanol–water partition coefficient (Wildman–Crippen LogP) is 4.34. The minimum Gasteiger partial charge on any atom is -0.298 e. The van der Waals surface area contributed by atoms with Gasteiger partial charge in [-0.3, -0.25) is 4.57 Å². The van der Waals surface area contributed by atoms with Crippen molar-refractivity contribution in [1.29, 1.82) is 0 Å². The molecule has 0 unspecified atom stereocenters. The average Bonchev–Trinajstić information content (AvgIpc) is 2.60. The van der Waals surface area contributed by atoms with Gasteiger partial charge in [0, 0.05) is 12.0 Å². The normalized spacial score (nSPS) is 19.3. The lowest BCUT2D eigenvalue weighted by Gasteiger charge is -2.23. The molecule has 1 aliphatic carbocycles. The lowest BCUT2D eigenvalue weighted by molar-refractivity contribution is 0.361. The molecule has 0 aliphatic heterocycles. The molecule has 1 aliphatic rings. The van der Waals surface area contributed by atoms with Gasteiger partial charge in [0.2, 0.25) is 5.28 Å². The average molecular weight is 256 g/mol. The summed E-state index contributed by atoms with van der Waals surface area (Å²) in [5.74, 6) is 1.43. The second kappa shape index (κ2) is 5.85. The molecule has 4 heteroatoms. The van der Waals surface area contributed by atoms with Crippen molar-refractivity contribution in [1.82, 2.24) is 14.8 Å². The molecule has 0 N–H and O–H groups in total. The highest BCUT2D eigenvalue weighted by molar-refractivity contribution is 6.28. The minimum absolute atomic E-state index is 0.389. The van der Waals surface area contributed by atoms with Gasteiger partial charge in [0.25, 0.3) is 0 Å². The van der Waals surface area contributed by atoms with Gasteiger partial charge in [0.05, 0.1) is 0 Å². The summed E-state index contributed by atoms with van der Waals surface area (Å²) in [7, 11) is 0. The van der Waals surface area contributed by atoms with E-state index in [1.807, 2.05) is 0 Å². The molecule has 0 radical (unpaired) electrons.